The lowest BCUT2D eigenvalue weighted by Crippen LogP contribution is -2.23. The SMILES string of the molecule is CCC1CCCC(OCCCc2cccc(N)c2)C1. The van der Waals surface area contributed by atoms with Crippen LogP contribution < -0.4 is 5.73 Å². The van der Waals surface area contributed by atoms with Gasteiger partial charge in [0.15, 0.2) is 0 Å². The van der Waals surface area contributed by atoms with Gasteiger partial charge in [0.1, 0.15) is 0 Å². The van der Waals surface area contributed by atoms with Gasteiger partial charge in [-0.2, -0.15) is 0 Å². The van der Waals surface area contributed by atoms with E-state index in [1.807, 2.05) is 12.1 Å². The second kappa shape index (κ2) is 7.54. The Morgan fingerprint density at radius 2 is 2.21 bits per heavy atom. The molecule has 106 valence electrons. The molecular formula is C17H27NO. The molecule has 1 aromatic carbocycles. The molecule has 2 atom stereocenters. The van der Waals surface area contributed by atoms with Crippen LogP contribution in [-0.2, 0) is 11.2 Å². The third-order valence-electron chi connectivity index (χ3n) is 4.23. The summed E-state index contributed by atoms with van der Waals surface area (Å²) in [5.74, 6) is 0.896. The second-order valence-electron chi connectivity index (χ2n) is 5.78. The van der Waals surface area contributed by atoms with Gasteiger partial charge in [0.25, 0.3) is 0 Å². The number of ether oxygens (including phenoxy) is 1. The third-order valence-corrected chi connectivity index (χ3v) is 4.23. The van der Waals surface area contributed by atoms with Crippen molar-refractivity contribution in [2.24, 2.45) is 5.92 Å². The topological polar surface area (TPSA) is 35.2 Å². The van der Waals surface area contributed by atoms with E-state index in [4.69, 9.17) is 10.5 Å². The van der Waals surface area contributed by atoms with Crippen molar-refractivity contribution in [3.8, 4) is 0 Å². The van der Waals surface area contributed by atoms with Crippen LogP contribution in [0.15, 0.2) is 24.3 Å². The number of nitrogens with two attached hydrogens (primary N) is 1. The van der Waals surface area contributed by atoms with Crippen LogP contribution in [0, 0.1) is 5.92 Å². The monoisotopic (exact) mass is 261 g/mol. The quantitative estimate of drug-likeness (QED) is 0.615. The number of hydrogen-bond acceptors (Lipinski definition) is 2. The molecule has 0 radical (unpaired) electrons. The molecule has 2 nitrogen and oxygen atoms in total. The molecule has 0 amide bonds. The predicted octanol–water partition coefficient (Wildman–Crippen LogP) is 4.19. The standard InChI is InChI=1S/C17H27NO/c1-2-14-6-4-10-17(13-14)19-11-5-8-15-7-3-9-16(18)12-15/h3,7,9,12,14,17H,2,4-6,8,10-11,13,18H2,1H3. The Morgan fingerprint density at radius 1 is 1.32 bits per heavy atom. The van der Waals surface area contributed by atoms with E-state index in [-0.39, 0.29) is 0 Å². The Kier molecular flexibility index (Phi) is 5.71. The van der Waals surface area contributed by atoms with E-state index in [9.17, 15) is 0 Å². The van der Waals surface area contributed by atoms with E-state index in [1.54, 1.807) is 0 Å². The summed E-state index contributed by atoms with van der Waals surface area (Å²) in [7, 11) is 0. The molecule has 1 aromatic rings. The van der Waals surface area contributed by atoms with Crippen LogP contribution in [0.25, 0.3) is 0 Å². The van der Waals surface area contributed by atoms with E-state index in [2.05, 4.69) is 19.1 Å². The van der Waals surface area contributed by atoms with Crippen molar-refractivity contribution in [3.63, 3.8) is 0 Å². The fraction of sp³-hybridized carbons (Fsp3) is 0.647. The van der Waals surface area contributed by atoms with Crippen molar-refractivity contribution in [2.45, 2.75) is 58.0 Å². The van der Waals surface area contributed by atoms with Gasteiger partial charge in [0.2, 0.25) is 0 Å². The van der Waals surface area contributed by atoms with Crippen LogP contribution in [0.5, 0.6) is 0 Å². The summed E-state index contributed by atoms with van der Waals surface area (Å²) in [5.41, 5.74) is 7.96. The maximum absolute atomic E-state index is 6.04. The minimum absolute atomic E-state index is 0.513. The van der Waals surface area contributed by atoms with E-state index in [0.29, 0.717) is 6.10 Å². The van der Waals surface area contributed by atoms with Gasteiger partial charge in [-0.05, 0) is 49.3 Å². The second-order valence-corrected chi connectivity index (χ2v) is 5.78. The first kappa shape index (κ1) is 14.4. The molecule has 0 aliphatic heterocycles. The Bertz CT molecular complexity index is 377. The number of anilines is 1. The average molecular weight is 261 g/mol. The van der Waals surface area contributed by atoms with Crippen LogP contribution in [0.1, 0.15) is 51.0 Å². The lowest BCUT2D eigenvalue weighted by atomic mass is 9.85. The van der Waals surface area contributed by atoms with Crippen molar-refractivity contribution in [2.75, 3.05) is 12.3 Å². The number of rotatable bonds is 6. The molecular weight excluding hydrogens is 234 g/mol. The normalized spacial score (nSPS) is 23.4. The highest BCUT2D eigenvalue weighted by atomic mass is 16.5. The molecule has 1 aliphatic carbocycles. The van der Waals surface area contributed by atoms with Gasteiger partial charge < -0.3 is 10.5 Å². The summed E-state index contributed by atoms with van der Waals surface area (Å²) in [6.07, 6.45) is 9.26. The molecule has 2 unspecified atom stereocenters. The fourth-order valence-electron chi connectivity index (χ4n) is 3.04. The Hall–Kier alpha value is -1.02. The van der Waals surface area contributed by atoms with E-state index < -0.39 is 0 Å². The van der Waals surface area contributed by atoms with Crippen molar-refractivity contribution in [3.05, 3.63) is 29.8 Å². The number of benzene rings is 1. The fourth-order valence-corrected chi connectivity index (χ4v) is 3.04. The molecule has 0 spiro atoms. The van der Waals surface area contributed by atoms with Gasteiger partial charge in [0.05, 0.1) is 6.10 Å². The maximum Gasteiger partial charge on any atom is 0.0577 e. The first-order valence-corrected chi connectivity index (χ1v) is 7.74. The summed E-state index contributed by atoms with van der Waals surface area (Å²) in [6, 6.07) is 8.17. The average Bonchev–Trinajstić information content (AvgIpc) is 2.44. The van der Waals surface area contributed by atoms with E-state index in [0.717, 1.165) is 31.1 Å². The predicted molar refractivity (Wildman–Crippen MR) is 81.2 cm³/mol. The lowest BCUT2D eigenvalue weighted by Gasteiger charge is -2.28. The van der Waals surface area contributed by atoms with Crippen molar-refractivity contribution >= 4 is 5.69 Å². The third kappa shape index (κ3) is 4.87. The Balaban J connectivity index is 1.64. The summed E-state index contributed by atoms with van der Waals surface area (Å²) in [4.78, 5) is 0. The zero-order valence-corrected chi connectivity index (χ0v) is 12.1. The summed E-state index contributed by atoms with van der Waals surface area (Å²) in [5, 5.41) is 0. The largest absolute Gasteiger partial charge is 0.399 e. The number of nitrogen functional groups attached to an aromatic ring is 1. The van der Waals surface area contributed by atoms with Gasteiger partial charge in [-0.1, -0.05) is 38.3 Å². The van der Waals surface area contributed by atoms with E-state index in [1.165, 1.54) is 37.7 Å². The molecule has 0 heterocycles. The van der Waals surface area contributed by atoms with Crippen molar-refractivity contribution in [1.82, 2.24) is 0 Å². The zero-order valence-electron chi connectivity index (χ0n) is 12.1. The molecule has 2 N–H and O–H groups in total. The van der Waals surface area contributed by atoms with Crippen molar-refractivity contribution in [1.29, 1.82) is 0 Å². The van der Waals surface area contributed by atoms with Crippen LogP contribution in [0.2, 0.25) is 0 Å². The highest BCUT2D eigenvalue weighted by Gasteiger charge is 2.20. The maximum atomic E-state index is 6.04. The van der Waals surface area contributed by atoms with Gasteiger partial charge in [-0.15, -0.1) is 0 Å². The highest BCUT2D eigenvalue weighted by Crippen LogP contribution is 2.28. The van der Waals surface area contributed by atoms with Gasteiger partial charge in [-0.25, -0.2) is 0 Å². The lowest BCUT2D eigenvalue weighted by molar-refractivity contribution is 0.0115. The van der Waals surface area contributed by atoms with Crippen LogP contribution in [0.4, 0.5) is 5.69 Å². The highest BCUT2D eigenvalue weighted by molar-refractivity contribution is 5.40. The van der Waals surface area contributed by atoms with Gasteiger partial charge in [-0.3, -0.25) is 0 Å². The summed E-state index contributed by atoms with van der Waals surface area (Å²) in [6.45, 7) is 3.18. The molecule has 2 rings (SSSR count). The molecule has 1 aliphatic rings. The smallest absolute Gasteiger partial charge is 0.0577 e. The van der Waals surface area contributed by atoms with E-state index >= 15 is 0 Å². The Labute approximate surface area is 117 Å². The molecule has 0 saturated heterocycles. The molecule has 1 saturated carbocycles. The minimum Gasteiger partial charge on any atom is -0.399 e. The zero-order chi connectivity index (χ0) is 13.5. The summed E-state index contributed by atoms with van der Waals surface area (Å²) >= 11 is 0. The Morgan fingerprint density at radius 3 is 3.00 bits per heavy atom. The minimum atomic E-state index is 0.513. The van der Waals surface area contributed by atoms with Crippen molar-refractivity contribution < 1.29 is 4.74 Å². The molecule has 2 heteroatoms. The summed E-state index contributed by atoms with van der Waals surface area (Å²) < 4.78 is 6.04. The number of aryl methyl sites for hydroxylation is 1. The number of hydrogen-bond donors (Lipinski definition) is 1. The van der Waals surface area contributed by atoms with Crippen LogP contribution >= 0.6 is 0 Å². The van der Waals surface area contributed by atoms with Gasteiger partial charge in [0, 0.05) is 12.3 Å². The molecule has 0 bridgehead atoms. The van der Waals surface area contributed by atoms with Gasteiger partial charge >= 0.3 is 0 Å². The molecule has 1 fully saturated rings. The van der Waals surface area contributed by atoms with Crippen LogP contribution in [-0.4, -0.2) is 12.7 Å². The first-order chi connectivity index (χ1) is 9.28. The first-order valence-electron chi connectivity index (χ1n) is 7.74. The molecule has 19 heavy (non-hydrogen) atoms. The van der Waals surface area contributed by atoms with Crippen LogP contribution in [0.3, 0.4) is 0 Å². The molecule has 0 aromatic heterocycles.